The zero-order valence-corrected chi connectivity index (χ0v) is 8.27. The van der Waals surface area contributed by atoms with Gasteiger partial charge >= 0.3 is 0 Å². The molecule has 1 aliphatic rings. The summed E-state index contributed by atoms with van der Waals surface area (Å²) in [5.74, 6) is 0. The summed E-state index contributed by atoms with van der Waals surface area (Å²) in [6.07, 6.45) is 5.13. The summed E-state index contributed by atoms with van der Waals surface area (Å²) in [5, 5.41) is 0.674. The van der Waals surface area contributed by atoms with Crippen LogP contribution in [0.15, 0.2) is 10.7 Å². The minimum absolute atomic E-state index is 0.412. The predicted octanol–water partition coefficient (Wildman–Crippen LogP) is 1.51. The van der Waals surface area contributed by atoms with Crippen molar-refractivity contribution in [2.45, 2.75) is 34.9 Å². The summed E-state index contributed by atoms with van der Waals surface area (Å²) in [7, 11) is 0. The molecule has 2 unspecified atom stereocenters. The summed E-state index contributed by atoms with van der Waals surface area (Å²) < 4.78 is 5.04. The minimum atomic E-state index is 0.412. The molecule has 0 bridgehead atoms. The van der Waals surface area contributed by atoms with Gasteiger partial charge in [-0.2, -0.15) is 4.37 Å². The summed E-state index contributed by atoms with van der Waals surface area (Å²) in [4.78, 5) is 4.13. The Labute approximate surface area is 79.9 Å². The molecule has 0 amide bonds. The Morgan fingerprint density at radius 2 is 2.50 bits per heavy atom. The van der Waals surface area contributed by atoms with Crippen LogP contribution in [0.3, 0.4) is 0 Å². The monoisotopic (exact) mass is 201 g/mol. The van der Waals surface area contributed by atoms with Gasteiger partial charge in [0.15, 0.2) is 4.34 Å². The number of hydrogen-bond acceptors (Lipinski definition) is 5. The Morgan fingerprint density at radius 3 is 3.08 bits per heavy atom. The molecule has 0 aliphatic heterocycles. The molecule has 0 saturated heterocycles. The van der Waals surface area contributed by atoms with Crippen molar-refractivity contribution in [3.05, 3.63) is 6.33 Å². The second kappa shape index (κ2) is 3.72. The van der Waals surface area contributed by atoms with Gasteiger partial charge in [-0.15, -0.1) is 0 Å². The molecule has 1 saturated carbocycles. The van der Waals surface area contributed by atoms with Crippen molar-refractivity contribution in [2.24, 2.45) is 5.73 Å². The van der Waals surface area contributed by atoms with E-state index in [1.165, 1.54) is 18.0 Å². The number of nitrogens with two attached hydrogens (primary N) is 1. The quantitative estimate of drug-likeness (QED) is 0.788. The topological polar surface area (TPSA) is 51.8 Å². The van der Waals surface area contributed by atoms with Crippen molar-refractivity contribution >= 4 is 23.3 Å². The van der Waals surface area contributed by atoms with Gasteiger partial charge in [-0.05, 0) is 30.8 Å². The molecule has 1 heterocycles. The Morgan fingerprint density at radius 1 is 1.58 bits per heavy atom. The molecule has 0 spiro atoms. The van der Waals surface area contributed by atoms with Crippen LogP contribution in [0.2, 0.25) is 0 Å². The van der Waals surface area contributed by atoms with Crippen LogP contribution < -0.4 is 5.73 Å². The van der Waals surface area contributed by atoms with Gasteiger partial charge in [0.05, 0.1) is 0 Å². The first kappa shape index (κ1) is 8.47. The molecule has 0 radical (unpaired) electrons. The first-order valence-corrected chi connectivity index (χ1v) is 5.69. The summed E-state index contributed by atoms with van der Waals surface area (Å²) in [6.45, 7) is 0. The number of nitrogens with zero attached hydrogens (tertiary/aromatic N) is 2. The van der Waals surface area contributed by atoms with Crippen molar-refractivity contribution in [1.82, 2.24) is 9.36 Å². The highest BCUT2D eigenvalue weighted by atomic mass is 32.2. The SMILES string of the molecule is NC1CCC(Sc2ncns2)C1. The highest BCUT2D eigenvalue weighted by molar-refractivity contribution is 8.01. The van der Waals surface area contributed by atoms with Gasteiger partial charge in [0.2, 0.25) is 0 Å². The molecule has 5 heteroatoms. The zero-order valence-electron chi connectivity index (χ0n) is 6.64. The Kier molecular flexibility index (Phi) is 2.63. The average Bonchev–Trinajstić information content (AvgIpc) is 2.63. The van der Waals surface area contributed by atoms with E-state index in [1.807, 2.05) is 11.8 Å². The van der Waals surface area contributed by atoms with Crippen molar-refractivity contribution in [1.29, 1.82) is 0 Å². The fraction of sp³-hybridized carbons (Fsp3) is 0.714. The highest BCUT2D eigenvalue weighted by Gasteiger charge is 2.23. The maximum absolute atomic E-state index is 5.81. The lowest BCUT2D eigenvalue weighted by molar-refractivity contribution is 0.706. The van der Waals surface area contributed by atoms with Crippen LogP contribution in [-0.4, -0.2) is 20.6 Å². The molecule has 2 N–H and O–H groups in total. The van der Waals surface area contributed by atoms with E-state index in [-0.39, 0.29) is 0 Å². The highest BCUT2D eigenvalue weighted by Crippen LogP contribution is 2.34. The largest absolute Gasteiger partial charge is 0.328 e. The third-order valence-electron chi connectivity index (χ3n) is 2.03. The fourth-order valence-corrected chi connectivity index (χ4v) is 3.42. The van der Waals surface area contributed by atoms with Gasteiger partial charge < -0.3 is 5.73 Å². The summed E-state index contributed by atoms with van der Waals surface area (Å²) in [5.41, 5.74) is 5.81. The van der Waals surface area contributed by atoms with Crippen LogP contribution >= 0.6 is 23.3 Å². The molecule has 0 aromatic carbocycles. The summed E-state index contributed by atoms with van der Waals surface area (Å²) >= 11 is 3.30. The Hall–Kier alpha value is -0.130. The molecule has 1 aliphatic carbocycles. The summed E-state index contributed by atoms with van der Waals surface area (Å²) in [6, 6.07) is 0.412. The molecular formula is C7H11N3S2. The lowest BCUT2D eigenvalue weighted by Gasteiger charge is -2.04. The minimum Gasteiger partial charge on any atom is -0.328 e. The van der Waals surface area contributed by atoms with Crippen LogP contribution in [0.4, 0.5) is 0 Å². The Balaban J connectivity index is 1.88. The van der Waals surface area contributed by atoms with Gasteiger partial charge in [-0.1, -0.05) is 11.8 Å². The van der Waals surface area contributed by atoms with Gasteiger partial charge in [0.25, 0.3) is 0 Å². The normalized spacial score (nSPS) is 29.4. The second-order valence-corrected chi connectivity index (χ2v) is 5.35. The smallest absolute Gasteiger partial charge is 0.170 e. The molecule has 66 valence electrons. The molecule has 3 nitrogen and oxygen atoms in total. The molecule has 1 aromatic heterocycles. The van der Waals surface area contributed by atoms with Gasteiger partial charge in [0, 0.05) is 11.3 Å². The van der Waals surface area contributed by atoms with E-state index in [9.17, 15) is 0 Å². The predicted molar refractivity (Wildman–Crippen MR) is 51.4 cm³/mol. The lowest BCUT2D eigenvalue weighted by atomic mass is 10.3. The van der Waals surface area contributed by atoms with E-state index in [0.29, 0.717) is 11.3 Å². The maximum atomic E-state index is 5.81. The lowest BCUT2D eigenvalue weighted by Crippen LogP contribution is -2.15. The van der Waals surface area contributed by atoms with E-state index in [0.717, 1.165) is 17.2 Å². The van der Waals surface area contributed by atoms with Crippen molar-refractivity contribution in [3.63, 3.8) is 0 Å². The van der Waals surface area contributed by atoms with Crippen LogP contribution in [0.1, 0.15) is 19.3 Å². The third-order valence-corrected chi connectivity index (χ3v) is 4.08. The average molecular weight is 201 g/mol. The van der Waals surface area contributed by atoms with Crippen LogP contribution in [0.25, 0.3) is 0 Å². The van der Waals surface area contributed by atoms with Gasteiger partial charge in [0.1, 0.15) is 6.33 Å². The van der Waals surface area contributed by atoms with Crippen molar-refractivity contribution in [2.75, 3.05) is 0 Å². The first-order chi connectivity index (χ1) is 5.84. The number of thioether (sulfide) groups is 1. The number of aromatic nitrogens is 2. The standard InChI is InChI=1S/C7H11N3S2/c8-5-1-2-6(3-5)11-7-9-4-10-12-7/h4-6H,1-3,8H2. The van der Waals surface area contributed by atoms with Crippen molar-refractivity contribution in [3.8, 4) is 0 Å². The molecule has 1 fully saturated rings. The van der Waals surface area contributed by atoms with Gasteiger partial charge in [-0.25, -0.2) is 4.98 Å². The molecule has 2 atom stereocenters. The maximum Gasteiger partial charge on any atom is 0.170 e. The Bertz CT molecular complexity index is 237. The van der Waals surface area contributed by atoms with Crippen molar-refractivity contribution < 1.29 is 0 Å². The zero-order chi connectivity index (χ0) is 8.39. The molecule has 2 rings (SSSR count). The van der Waals surface area contributed by atoms with Crippen LogP contribution in [0, 0.1) is 0 Å². The van der Waals surface area contributed by atoms with Crippen LogP contribution in [0.5, 0.6) is 0 Å². The van der Waals surface area contributed by atoms with E-state index >= 15 is 0 Å². The number of hydrogen-bond donors (Lipinski definition) is 1. The van der Waals surface area contributed by atoms with E-state index in [1.54, 1.807) is 6.33 Å². The first-order valence-electron chi connectivity index (χ1n) is 4.03. The van der Waals surface area contributed by atoms with Crippen LogP contribution in [-0.2, 0) is 0 Å². The molecule has 12 heavy (non-hydrogen) atoms. The molecular weight excluding hydrogens is 190 g/mol. The number of rotatable bonds is 2. The van der Waals surface area contributed by atoms with E-state index < -0.39 is 0 Å². The van der Waals surface area contributed by atoms with E-state index in [4.69, 9.17) is 5.73 Å². The van der Waals surface area contributed by atoms with Gasteiger partial charge in [-0.3, -0.25) is 0 Å². The van der Waals surface area contributed by atoms with E-state index in [2.05, 4.69) is 9.36 Å². The molecule has 1 aromatic rings. The fourth-order valence-electron chi connectivity index (χ4n) is 1.44. The second-order valence-electron chi connectivity index (χ2n) is 3.02. The third kappa shape index (κ3) is 1.97.